The Morgan fingerprint density at radius 3 is 2.55 bits per heavy atom. The first-order valence-corrected chi connectivity index (χ1v) is 6.88. The molecule has 3 nitrogen and oxygen atoms in total. The Labute approximate surface area is 118 Å². The van der Waals surface area contributed by atoms with Gasteiger partial charge in [-0.2, -0.15) is 0 Å². The second-order valence-corrected chi connectivity index (χ2v) is 4.85. The van der Waals surface area contributed by atoms with Crippen LogP contribution < -0.4 is 5.32 Å². The van der Waals surface area contributed by atoms with Crippen LogP contribution in [0.3, 0.4) is 0 Å². The van der Waals surface area contributed by atoms with Gasteiger partial charge in [-0.1, -0.05) is 48.5 Å². The molecular weight excluding hydrogens is 250 g/mol. The minimum absolute atomic E-state index is 0.0624. The van der Waals surface area contributed by atoms with Crippen molar-refractivity contribution in [2.24, 2.45) is 0 Å². The fourth-order valence-corrected chi connectivity index (χ4v) is 2.76. The average Bonchev–Trinajstić information content (AvgIpc) is 2.88. The van der Waals surface area contributed by atoms with E-state index in [2.05, 4.69) is 5.32 Å². The molecule has 0 fully saturated rings. The van der Waals surface area contributed by atoms with Crippen LogP contribution in [-0.2, 0) is 9.53 Å². The third-order valence-corrected chi connectivity index (χ3v) is 3.64. The maximum absolute atomic E-state index is 12.3. The van der Waals surface area contributed by atoms with Crippen molar-refractivity contribution in [2.75, 3.05) is 11.9 Å². The van der Waals surface area contributed by atoms with Crippen LogP contribution in [0.2, 0.25) is 0 Å². The van der Waals surface area contributed by atoms with Gasteiger partial charge >= 0.3 is 5.97 Å². The molecule has 2 aromatic carbocycles. The third kappa shape index (κ3) is 2.16. The SMILES string of the molecule is CCOC(=O)[C@H]1c2ccccc2N[C@@H]1c1ccccc1. The summed E-state index contributed by atoms with van der Waals surface area (Å²) in [5, 5.41) is 3.44. The van der Waals surface area contributed by atoms with Crippen LogP contribution in [0.15, 0.2) is 54.6 Å². The van der Waals surface area contributed by atoms with Gasteiger partial charge in [-0.05, 0) is 24.1 Å². The van der Waals surface area contributed by atoms with E-state index >= 15 is 0 Å². The molecule has 0 aliphatic carbocycles. The van der Waals surface area contributed by atoms with Crippen molar-refractivity contribution < 1.29 is 9.53 Å². The van der Waals surface area contributed by atoms with E-state index in [0.29, 0.717) is 6.61 Å². The lowest BCUT2D eigenvalue weighted by atomic mass is 9.90. The minimum Gasteiger partial charge on any atom is -0.465 e. The zero-order valence-corrected chi connectivity index (χ0v) is 11.4. The number of rotatable bonds is 3. The molecule has 102 valence electrons. The van der Waals surface area contributed by atoms with Crippen LogP contribution in [-0.4, -0.2) is 12.6 Å². The predicted molar refractivity (Wildman–Crippen MR) is 78.6 cm³/mol. The number of nitrogens with one attached hydrogen (secondary N) is 1. The van der Waals surface area contributed by atoms with Crippen LogP contribution in [0, 0.1) is 0 Å². The highest BCUT2D eigenvalue weighted by molar-refractivity contribution is 5.85. The molecular formula is C17H17NO2. The molecule has 2 aromatic rings. The number of anilines is 1. The molecule has 1 N–H and O–H groups in total. The molecule has 1 heterocycles. The van der Waals surface area contributed by atoms with Gasteiger partial charge < -0.3 is 10.1 Å². The highest BCUT2D eigenvalue weighted by Crippen LogP contribution is 2.44. The molecule has 0 spiro atoms. The monoisotopic (exact) mass is 267 g/mol. The van der Waals surface area contributed by atoms with Gasteiger partial charge in [0.2, 0.25) is 0 Å². The molecule has 0 saturated heterocycles. The quantitative estimate of drug-likeness (QED) is 0.865. The van der Waals surface area contributed by atoms with E-state index in [1.807, 2.05) is 61.5 Å². The van der Waals surface area contributed by atoms with Crippen LogP contribution in [0.4, 0.5) is 5.69 Å². The van der Waals surface area contributed by atoms with Gasteiger partial charge in [0.15, 0.2) is 0 Å². The van der Waals surface area contributed by atoms with Crippen LogP contribution in [0.5, 0.6) is 0 Å². The number of hydrogen-bond donors (Lipinski definition) is 1. The van der Waals surface area contributed by atoms with E-state index < -0.39 is 0 Å². The van der Waals surface area contributed by atoms with E-state index in [4.69, 9.17) is 4.74 Å². The van der Waals surface area contributed by atoms with Gasteiger partial charge in [0.1, 0.15) is 5.92 Å². The molecule has 1 aliphatic rings. The summed E-state index contributed by atoms with van der Waals surface area (Å²) in [6.07, 6.45) is 0. The smallest absolute Gasteiger partial charge is 0.315 e. The first-order valence-electron chi connectivity index (χ1n) is 6.88. The zero-order valence-electron chi connectivity index (χ0n) is 11.4. The number of carbonyl (C=O) groups is 1. The fraction of sp³-hybridized carbons (Fsp3) is 0.235. The summed E-state index contributed by atoms with van der Waals surface area (Å²) < 4.78 is 5.26. The molecule has 2 atom stereocenters. The standard InChI is InChI=1S/C17H17NO2/c1-2-20-17(19)15-13-10-6-7-11-14(13)18-16(15)12-8-4-3-5-9-12/h3-11,15-16,18H,2H2,1H3/t15-,16+/m0/s1. The number of benzene rings is 2. The molecule has 0 unspecified atom stereocenters. The Bertz CT molecular complexity index is 609. The summed E-state index contributed by atoms with van der Waals surface area (Å²) in [4.78, 5) is 12.3. The summed E-state index contributed by atoms with van der Waals surface area (Å²) in [5.74, 6) is -0.452. The maximum Gasteiger partial charge on any atom is 0.315 e. The fourth-order valence-electron chi connectivity index (χ4n) is 2.76. The topological polar surface area (TPSA) is 38.3 Å². The number of fused-ring (bicyclic) bond motifs is 1. The highest BCUT2D eigenvalue weighted by atomic mass is 16.5. The number of ether oxygens (including phenoxy) is 1. The summed E-state index contributed by atoms with van der Waals surface area (Å²) in [6, 6.07) is 17.9. The zero-order chi connectivity index (χ0) is 13.9. The van der Waals surface area contributed by atoms with Crippen LogP contribution in [0.25, 0.3) is 0 Å². The Morgan fingerprint density at radius 2 is 1.80 bits per heavy atom. The molecule has 1 aliphatic heterocycles. The highest BCUT2D eigenvalue weighted by Gasteiger charge is 2.38. The van der Waals surface area contributed by atoms with Crippen molar-refractivity contribution in [3.63, 3.8) is 0 Å². The van der Waals surface area contributed by atoms with E-state index in [1.54, 1.807) is 0 Å². The molecule has 0 amide bonds. The Hall–Kier alpha value is -2.29. The van der Waals surface area contributed by atoms with Crippen LogP contribution >= 0.6 is 0 Å². The third-order valence-electron chi connectivity index (χ3n) is 3.64. The normalized spacial score (nSPS) is 20.1. The first-order chi connectivity index (χ1) is 9.81. The second kappa shape index (κ2) is 5.37. The van der Waals surface area contributed by atoms with E-state index in [0.717, 1.165) is 16.8 Å². The minimum atomic E-state index is -0.284. The van der Waals surface area contributed by atoms with Gasteiger partial charge in [0, 0.05) is 5.69 Å². The van der Waals surface area contributed by atoms with Crippen molar-refractivity contribution in [3.8, 4) is 0 Å². The van der Waals surface area contributed by atoms with Crippen LogP contribution in [0.1, 0.15) is 30.0 Å². The summed E-state index contributed by atoms with van der Waals surface area (Å²) >= 11 is 0. The van der Waals surface area contributed by atoms with Gasteiger partial charge in [-0.3, -0.25) is 4.79 Å². The van der Waals surface area contributed by atoms with Crippen molar-refractivity contribution >= 4 is 11.7 Å². The van der Waals surface area contributed by atoms with Gasteiger partial charge in [-0.15, -0.1) is 0 Å². The van der Waals surface area contributed by atoms with Gasteiger partial charge in [0.25, 0.3) is 0 Å². The number of hydrogen-bond acceptors (Lipinski definition) is 3. The van der Waals surface area contributed by atoms with E-state index in [9.17, 15) is 4.79 Å². The summed E-state index contributed by atoms with van der Waals surface area (Å²) in [7, 11) is 0. The molecule has 0 aromatic heterocycles. The lowest BCUT2D eigenvalue weighted by molar-refractivity contribution is -0.145. The Balaban J connectivity index is 2.01. The Kier molecular flexibility index (Phi) is 3.42. The van der Waals surface area contributed by atoms with Crippen molar-refractivity contribution in [3.05, 3.63) is 65.7 Å². The summed E-state index contributed by atoms with van der Waals surface area (Å²) in [6.45, 7) is 2.24. The van der Waals surface area contributed by atoms with Crippen molar-refractivity contribution in [1.29, 1.82) is 0 Å². The molecule has 0 radical (unpaired) electrons. The second-order valence-electron chi connectivity index (χ2n) is 4.85. The Morgan fingerprint density at radius 1 is 1.10 bits per heavy atom. The van der Waals surface area contributed by atoms with E-state index in [-0.39, 0.29) is 17.9 Å². The largest absolute Gasteiger partial charge is 0.465 e. The van der Waals surface area contributed by atoms with Crippen molar-refractivity contribution in [1.82, 2.24) is 0 Å². The lowest BCUT2D eigenvalue weighted by Gasteiger charge is -2.19. The lowest BCUT2D eigenvalue weighted by Crippen LogP contribution is -2.21. The number of esters is 1. The molecule has 0 saturated carbocycles. The summed E-state index contributed by atoms with van der Waals surface area (Å²) in [5.41, 5.74) is 3.13. The van der Waals surface area contributed by atoms with Crippen molar-refractivity contribution in [2.45, 2.75) is 18.9 Å². The molecule has 3 rings (SSSR count). The first kappa shape index (κ1) is 12.7. The average molecular weight is 267 g/mol. The molecule has 0 bridgehead atoms. The van der Waals surface area contributed by atoms with Gasteiger partial charge in [0.05, 0.1) is 12.6 Å². The van der Waals surface area contributed by atoms with Gasteiger partial charge in [-0.25, -0.2) is 0 Å². The van der Waals surface area contributed by atoms with E-state index in [1.165, 1.54) is 0 Å². The molecule has 3 heteroatoms. The number of para-hydroxylation sites is 1. The number of carbonyl (C=O) groups excluding carboxylic acids is 1. The maximum atomic E-state index is 12.3. The molecule has 20 heavy (non-hydrogen) atoms. The predicted octanol–water partition coefficient (Wildman–Crippen LogP) is 3.50.